The van der Waals surface area contributed by atoms with E-state index in [1.54, 1.807) is 30.3 Å². The van der Waals surface area contributed by atoms with Gasteiger partial charge < -0.3 is 14.7 Å². The van der Waals surface area contributed by atoms with E-state index in [2.05, 4.69) is 4.98 Å². The molecule has 3 heterocycles. The number of fused-ring (bicyclic) bond motifs is 1. The molecule has 1 saturated heterocycles. The van der Waals surface area contributed by atoms with Gasteiger partial charge in [0.2, 0.25) is 0 Å². The van der Waals surface area contributed by atoms with Gasteiger partial charge in [-0.25, -0.2) is 22.9 Å². The van der Waals surface area contributed by atoms with Crippen LogP contribution in [0.5, 0.6) is 0 Å². The third-order valence-corrected chi connectivity index (χ3v) is 5.99. The number of hydrogen-bond donors (Lipinski definition) is 1. The maximum Gasteiger partial charge on any atom is 0.344 e. The molecule has 0 saturated carbocycles. The Labute approximate surface area is 203 Å². The number of halogens is 3. The molecule has 0 radical (unpaired) electrons. The fraction of sp³-hybridized carbons (Fsp3) is 0.192. The molecule has 36 heavy (non-hydrogen) atoms. The monoisotopic (exact) mass is 495 g/mol. The minimum absolute atomic E-state index is 0.0280. The zero-order chi connectivity index (χ0) is 25.4. The Hall–Kier alpha value is -4.18. The molecule has 1 N–H and O–H groups in total. The molecule has 2 aromatic heterocycles. The molecule has 1 unspecified atom stereocenters. The van der Waals surface area contributed by atoms with Gasteiger partial charge in [-0.2, -0.15) is 0 Å². The average Bonchev–Trinajstić information content (AvgIpc) is 3.30. The second-order valence-corrected chi connectivity index (χ2v) is 8.46. The molecule has 0 aliphatic carbocycles. The Morgan fingerprint density at radius 3 is 2.53 bits per heavy atom. The fourth-order valence-corrected chi connectivity index (χ4v) is 4.19. The minimum Gasteiger partial charge on any atom is -0.457 e. The van der Waals surface area contributed by atoms with Crippen LogP contribution in [0.15, 0.2) is 65.6 Å². The summed E-state index contributed by atoms with van der Waals surface area (Å²) in [5, 5.41) is 9.85. The normalized spacial score (nSPS) is 15.4. The number of hydrogen-bond acceptors (Lipinski definition) is 6. The highest BCUT2D eigenvalue weighted by Gasteiger charge is 2.27. The van der Waals surface area contributed by atoms with Crippen LogP contribution in [-0.4, -0.2) is 39.7 Å². The molecule has 1 atom stereocenters. The lowest BCUT2D eigenvalue weighted by Gasteiger charge is -2.19. The van der Waals surface area contributed by atoms with E-state index >= 15 is 4.39 Å². The van der Waals surface area contributed by atoms with Gasteiger partial charge in [0.25, 0.3) is 5.56 Å². The first-order valence-corrected chi connectivity index (χ1v) is 11.2. The lowest BCUT2D eigenvalue weighted by Crippen LogP contribution is -2.28. The third kappa shape index (κ3) is 4.42. The number of aliphatic hydroxyl groups is 1. The predicted molar refractivity (Wildman–Crippen MR) is 125 cm³/mol. The van der Waals surface area contributed by atoms with Crippen LogP contribution in [0.2, 0.25) is 0 Å². The zero-order valence-electron chi connectivity index (χ0n) is 18.8. The maximum absolute atomic E-state index is 15.1. The number of benzene rings is 2. The standard InChI is InChI=1S/C26H20F3N3O4/c27-16-6-7-18(21(28)10-16)19-11-20(26(35)36-14-15-4-2-1-3-5-15)25(34)32-13-22(29)24(30-23(19)32)31-9-8-17(33)12-31/h1-7,10-11,13,17,33H,8-9,12,14H2. The summed E-state index contributed by atoms with van der Waals surface area (Å²) in [6, 6.07) is 12.7. The third-order valence-electron chi connectivity index (χ3n) is 5.99. The number of β-amino-alcohol motifs (C(OH)–C–C–N with tert-alkyl or cyclic N) is 1. The van der Waals surface area contributed by atoms with Crippen LogP contribution in [0, 0.1) is 17.5 Å². The molecular weight excluding hydrogens is 475 g/mol. The number of nitrogens with zero attached hydrogens (tertiary/aromatic N) is 3. The van der Waals surface area contributed by atoms with E-state index in [0.29, 0.717) is 24.6 Å². The molecule has 7 nitrogen and oxygen atoms in total. The van der Waals surface area contributed by atoms with Crippen molar-refractivity contribution in [3.05, 3.63) is 99.7 Å². The Kier molecular flexibility index (Phi) is 6.19. The minimum atomic E-state index is -0.992. The van der Waals surface area contributed by atoms with Crippen LogP contribution in [-0.2, 0) is 11.3 Å². The van der Waals surface area contributed by atoms with E-state index in [1.807, 2.05) is 0 Å². The van der Waals surface area contributed by atoms with Gasteiger partial charge in [0, 0.05) is 30.3 Å². The quantitative estimate of drug-likeness (QED) is 0.425. The van der Waals surface area contributed by atoms with E-state index < -0.39 is 40.6 Å². The number of aliphatic hydroxyl groups excluding tert-OH is 1. The first-order valence-electron chi connectivity index (χ1n) is 11.2. The Morgan fingerprint density at radius 1 is 1.06 bits per heavy atom. The number of pyridine rings is 1. The van der Waals surface area contributed by atoms with Gasteiger partial charge in [-0.05, 0) is 30.2 Å². The van der Waals surface area contributed by atoms with E-state index in [0.717, 1.165) is 28.8 Å². The molecule has 10 heteroatoms. The largest absolute Gasteiger partial charge is 0.457 e. The highest BCUT2D eigenvalue weighted by Crippen LogP contribution is 2.30. The fourth-order valence-electron chi connectivity index (χ4n) is 4.19. The molecule has 5 rings (SSSR count). The second kappa shape index (κ2) is 9.46. The van der Waals surface area contributed by atoms with Crippen molar-refractivity contribution >= 4 is 17.4 Å². The van der Waals surface area contributed by atoms with Crippen molar-refractivity contribution in [3.63, 3.8) is 0 Å². The van der Waals surface area contributed by atoms with Crippen molar-refractivity contribution in [2.75, 3.05) is 18.0 Å². The van der Waals surface area contributed by atoms with Gasteiger partial charge >= 0.3 is 5.97 Å². The molecule has 4 aromatic rings. The van der Waals surface area contributed by atoms with E-state index in [9.17, 15) is 23.5 Å². The lowest BCUT2D eigenvalue weighted by molar-refractivity contribution is 0.0470. The number of anilines is 1. The van der Waals surface area contributed by atoms with Crippen LogP contribution in [0.25, 0.3) is 16.8 Å². The summed E-state index contributed by atoms with van der Waals surface area (Å²) in [5.41, 5.74) is -0.997. The molecule has 0 spiro atoms. The van der Waals surface area contributed by atoms with Gasteiger partial charge in [-0.3, -0.25) is 9.20 Å². The van der Waals surface area contributed by atoms with Crippen molar-refractivity contribution in [3.8, 4) is 11.1 Å². The zero-order valence-corrected chi connectivity index (χ0v) is 18.8. The van der Waals surface area contributed by atoms with Crippen LogP contribution < -0.4 is 10.5 Å². The van der Waals surface area contributed by atoms with E-state index in [-0.39, 0.29) is 35.7 Å². The van der Waals surface area contributed by atoms with Crippen molar-refractivity contribution in [2.24, 2.45) is 0 Å². The lowest BCUT2D eigenvalue weighted by atomic mass is 10.0. The number of carbonyl (C=O) groups excluding carboxylic acids is 1. The Morgan fingerprint density at radius 2 is 1.83 bits per heavy atom. The molecule has 1 aliphatic heterocycles. The first-order chi connectivity index (χ1) is 17.3. The number of rotatable bonds is 5. The van der Waals surface area contributed by atoms with Crippen LogP contribution in [0.1, 0.15) is 22.3 Å². The van der Waals surface area contributed by atoms with Gasteiger partial charge in [-0.15, -0.1) is 0 Å². The summed E-state index contributed by atoms with van der Waals surface area (Å²) in [6.45, 7) is 0.342. The SMILES string of the molecule is O=C(OCc1ccccc1)c1cc(-c2ccc(F)cc2F)c2nc(N3CCC(O)C3)c(F)cn2c1=O. The summed E-state index contributed by atoms with van der Waals surface area (Å²) in [6.07, 6.45) is 0.606. The number of carbonyl (C=O) groups is 1. The molecule has 1 fully saturated rings. The first kappa shape index (κ1) is 23.6. The van der Waals surface area contributed by atoms with Gasteiger partial charge in [0.15, 0.2) is 11.6 Å². The Bertz CT molecular complexity index is 1520. The maximum atomic E-state index is 15.1. The second-order valence-electron chi connectivity index (χ2n) is 8.46. The van der Waals surface area contributed by atoms with E-state index in [4.69, 9.17) is 4.74 Å². The Balaban J connectivity index is 1.66. The van der Waals surface area contributed by atoms with Crippen molar-refractivity contribution in [1.82, 2.24) is 9.38 Å². The van der Waals surface area contributed by atoms with Crippen molar-refractivity contribution in [2.45, 2.75) is 19.1 Å². The van der Waals surface area contributed by atoms with Crippen molar-refractivity contribution in [1.29, 1.82) is 0 Å². The molecule has 2 aromatic carbocycles. The topological polar surface area (TPSA) is 84.1 Å². The van der Waals surface area contributed by atoms with E-state index in [1.165, 1.54) is 4.90 Å². The highest BCUT2D eigenvalue weighted by molar-refractivity contribution is 5.93. The number of esters is 1. The smallest absolute Gasteiger partial charge is 0.344 e. The highest BCUT2D eigenvalue weighted by atomic mass is 19.1. The summed E-state index contributed by atoms with van der Waals surface area (Å²) >= 11 is 0. The molecule has 184 valence electrons. The molecule has 1 aliphatic rings. The van der Waals surface area contributed by atoms with Crippen LogP contribution in [0.3, 0.4) is 0 Å². The number of ether oxygens (including phenoxy) is 1. The van der Waals surface area contributed by atoms with Gasteiger partial charge in [0.1, 0.15) is 29.5 Å². The number of aromatic nitrogens is 2. The average molecular weight is 495 g/mol. The van der Waals surface area contributed by atoms with Gasteiger partial charge in [-0.1, -0.05) is 30.3 Å². The van der Waals surface area contributed by atoms with Gasteiger partial charge in [0.05, 0.1) is 12.3 Å². The van der Waals surface area contributed by atoms with Crippen LogP contribution >= 0.6 is 0 Å². The van der Waals surface area contributed by atoms with Crippen molar-refractivity contribution < 1.29 is 27.8 Å². The molecule has 0 amide bonds. The summed E-state index contributed by atoms with van der Waals surface area (Å²) in [7, 11) is 0. The molecular formula is C26H20F3N3O4. The van der Waals surface area contributed by atoms with Crippen LogP contribution in [0.4, 0.5) is 19.0 Å². The predicted octanol–water partition coefficient (Wildman–Crippen LogP) is 3.71. The summed E-state index contributed by atoms with van der Waals surface area (Å²) in [4.78, 5) is 31.8. The summed E-state index contributed by atoms with van der Waals surface area (Å²) in [5.74, 6) is -3.76. The summed E-state index contributed by atoms with van der Waals surface area (Å²) < 4.78 is 49.6. The molecule has 0 bridgehead atoms.